The van der Waals surface area contributed by atoms with Crippen molar-refractivity contribution in [3.05, 3.63) is 59.7 Å². The Morgan fingerprint density at radius 3 is 2.29 bits per heavy atom. The maximum Gasteiger partial charge on any atom is 0.339 e. The zero-order valence-corrected chi connectivity index (χ0v) is 16.7. The Balaban J connectivity index is 1.93. The van der Waals surface area contributed by atoms with Gasteiger partial charge >= 0.3 is 5.97 Å². The number of benzene rings is 2. The van der Waals surface area contributed by atoms with Crippen LogP contribution in [0.4, 0.5) is 0 Å². The molecule has 0 aliphatic rings. The topological polar surface area (TPSA) is 73.9 Å². The minimum Gasteiger partial charge on any atom is -0.493 e. The van der Waals surface area contributed by atoms with Gasteiger partial charge in [0.2, 0.25) is 0 Å². The Hall–Kier alpha value is -3.02. The minimum absolute atomic E-state index is 0.207. The molecule has 2 rings (SSSR count). The van der Waals surface area contributed by atoms with Gasteiger partial charge in [-0.05, 0) is 37.1 Å². The van der Waals surface area contributed by atoms with Crippen molar-refractivity contribution < 1.29 is 23.8 Å². The van der Waals surface area contributed by atoms with Gasteiger partial charge in [-0.15, -0.1) is 0 Å². The molecule has 2 aromatic carbocycles. The largest absolute Gasteiger partial charge is 0.493 e. The maximum atomic E-state index is 12.4. The number of methoxy groups -OCH3 is 2. The highest BCUT2D eigenvalue weighted by Gasteiger charge is 2.21. The van der Waals surface area contributed by atoms with Crippen LogP contribution < -0.4 is 14.8 Å². The molecule has 2 atom stereocenters. The van der Waals surface area contributed by atoms with E-state index in [1.807, 2.05) is 30.3 Å². The summed E-state index contributed by atoms with van der Waals surface area (Å²) in [6.07, 6.45) is -0.0155. The lowest BCUT2D eigenvalue weighted by Crippen LogP contribution is -2.38. The van der Waals surface area contributed by atoms with Crippen molar-refractivity contribution in [3.8, 4) is 11.5 Å². The molecule has 0 radical (unpaired) electrons. The first-order chi connectivity index (χ1) is 13.5. The number of amides is 1. The monoisotopic (exact) mass is 385 g/mol. The molecule has 1 amide bonds. The van der Waals surface area contributed by atoms with E-state index in [0.717, 1.165) is 6.42 Å². The number of carbonyl (C=O) groups excluding carboxylic acids is 2. The standard InChI is InChI=1S/C22H27NO5/c1-5-16(17-9-7-6-8-10-17)14-23-21(24)15(2)28-22(25)18-11-12-19(26-3)20(13-18)27-4/h6-13,15-16H,5,14H2,1-4H3,(H,23,24)/t15-,16-/m1/s1. The number of rotatable bonds is 9. The first-order valence-corrected chi connectivity index (χ1v) is 9.25. The van der Waals surface area contributed by atoms with Crippen molar-refractivity contribution in [1.29, 1.82) is 0 Å². The zero-order valence-electron chi connectivity index (χ0n) is 16.7. The molecule has 6 nitrogen and oxygen atoms in total. The van der Waals surface area contributed by atoms with Crippen LogP contribution in [0.15, 0.2) is 48.5 Å². The van der Waals surface area contributed by atoms with Crippen LogP contribution in [0.3, 0.4) is 0 Å². The molecule has 0 heterocycles. The fraction of sp³-hybridized carbons (Fsp3) is 0.364. The smallest absolute Gasteiger partial charge is 0.339 e. The highest BCUT2D eigenvalue weighted by atomic mass is 16.5. The van der Waals surface area contributed by atoms with Crippen LogP contribution in [0.25, 0.3) is 0 Å². The van der Waals surface area contributed by atoms with E-state index in [1.165, 1.54) is 25.8 Å². The second-order valence-electron chi connectivity index (χ2n) is 6.38. The quantitative estimate of drug-likeness (QED) is 0.668. The summed E-state index contributed by atoms with van der Waals surface area (Å²) >= 11 is 0. The van der Waals surface area contributed by atoms with E-state index in [1.54, 1.807) is 19.1 Å². The summed E-state index contributed by atoms with van der Waals surface area (Å²) in [6.45, 7) is 4.11. The molecule has 0 fully saturated rings. The van der Waals surface area contributed by atoms with E-state index >= 15 is 0 Å². The summed E-state index contributed by atoms with van der Waals surface area (Å²) in [5.74, 6) is 0.208. The molecular weight excluding hydrogens is 358 g/mol. The normalized spacial score (nSPS) is 12.6. The van der Waals surface area contributed by atoms with Gasteiger partial charge in [0.25, 0.3) is 5.91 Å². The van der Waals surface area contributed by atoms with Crippen LogP contribution in [0.5, 0.6) is 11.5 Å². The number of carbonyl (C=O) groups is 2. The van der Waals surface area contributed by atoms with Gasteiger partial charge in [-0.3, -0.25) is 4.79 Å². The van der Waals surface area contributed by atoms with Crippen LogP contribution in [-0.2, 0) is 9.53 Å². The second kappa shape index (κ2) is 10.3. The Morgan fingerprint density at radius 1 is 1.00 bits per heavy atom. The SMILES string of the molecule is CC[C@H](CNC(=O)[C@@H](C)OC(=O)c1ccc(OC)c(OC)c1)c1ccccc1. The van der Waals surface area contributed by atoms with Gasteiger partial charge in [0.05, 0.1) is 19.8 Å². The van der Waals surface area contributed by atoms with E-state index < -0.39 is 12.1 Å². The van der Waals surface area contributed by atoms with Crippen LogP contribution in [0.1, 0.15) is 42.1 Å². The lowest BCUT2D eigenvalue weighted by molar-refractivity contribution is -0.129. The first-order valence-electron chi connectivity index (χ1n) is 9.25. The summed E-state index contributed by atoms with van der Waals surface area (Å²) in [7, 11) is 3.00. The molecule has 6 heteroatoms. The third-order valence-corrected chi connectivity index (χ3v) is 4.56. The van der Waals surface area contributed by atoms with Crippen molar-refractivity contribution in [3.63, 3.8) is 0 Å². The average molecular weight is 385 g/mol. The molecular formula is C22H27NO5. The fourth-order valence-electron chi connectivity index (χ4n) is 2.84. The highest BCUT2D eigenvalue weighted by Crippen LogP contribution is 2.28. The van der Waals surface area contributed by atoms with Crippen LogP contribution in [0.2, 0.25) is 0 Å². The summed E-state index contributed by atoms with van der Waals surface area (Å²) in [5, 5.41) is 2.87. The van der Waals surface area contributed by atoms with E-state index in [9.17, 15) is 9.59 Å². The summed E-state index contributed by atoms with van der Waals surface area (Å²) in [6, 6.07) is 14.7. The van der Waals surface area contributed by atoms with Crippen LogP contribution in [-0.4, -0.2) is 38.7 Å². The third-order valence-electron chi connectivity index (χ3n) is 4.56. The highest BCUT2D eigenvalue weighted by molar-refractivity contribution is 5.92. The van der Waals surface area contributed by atoms with Gasteiger partial charge in [-0.25, -0.2) is 4.79 Å². The Labute approximate surface area is 165 Å². The molecule has 150 valence electrons. The van der Waals surface area contributed by atoms with Gasteiger partial charge in [0.1, 0.15) is 0 Å². The van der Waals surface area contributed by atoms with Gasteiger partial charge < -0.3 is 19.5 Å². The van der Waals surface area contributed by atoms with Crippen molar-refractivity contribution in [1.82, 2.24) is 5.32 Å². The minimum atomic E-state index is -0.908. The predicted octanol–water partition coefficient (Wildman–Crippen LogP) is 3.56. The Kier molecular flexibility index (Phi) is 7.87. The molecule has 0 spiro atoms. The number of nitrogens with one attached hydrogen (secondary N) is 1. The fourth-order valence-corrected chi connectivity index (χ4v) is 2.84. The number of ether oxygens (including phenoxy) is 3. The number of esters is 1. The predicted molar refractivity (Wildman–Crippen MR) is 107 cm³/mol. The molecule has 28 heavy (non-hydrogen) atoms. The summed E-state index contributed by atoms with van der Waals surface area (Å²) in [4.78, 5) is 24.7. The van der Waals surface area contributed by atoms with Gasteiger partial charge in [0.15, 0.2) is 17.6 Å². The van der Waals surface area contributed by atoms with E-state index in [-0.39, 0.29) is 17.4 Å². The molecule has 0 aliphatic carbocycles. The molecule has 0 saturated carbocycles. The maximum absolute atomic E-state index is 12.4. The van der Waals surface area contributed by atoms with E-state index in [2.05, 4.69) is 12.2 Å². The third kappa shape index (κ3) is 5.49. The Bertz CT molecular complexity index is 791. The summed E-state index contributed by atoms with van der Waals surface area (Å²) in [5.41, 5.74) is 1.45. The molecule has 0 aromatic heterocycles. The number of hydrogen-bond donors (Lipinski definition) is 1. The van der Waals surface area contributed by atoms with E-state index in [4.69, 9.17) is 14.2 Å². The Morgan fingerprint density at radius 2 is 1.68 bits per heavy atom. The first kappa shape index (κ1) is 21.3. The molecule has 0 bridgehead atoms. The number of hydrogen-bond acceptors (Lipinski definition) is 5. The van der Waals surface area contributed by atoms with Gasteiger partial charge in [-0.2, -0.15) is 0 Å². The van der Waals surface area contributed by atoms with Gasteiger partial charge in [-0.1, -0.05) is 37.3 Å². The molecule has 0 saturated heterocycles. The van der Waals surface area contributed by atoms with Gasteiger partial charge in [0, 0.05) is 12.5 Å². The lowest BCUT2D eigenvalue weighted by atomic mass is 9.96. The van der Waals surface area contributed by atoms with Crippen LogP contribution >= 0.6 is 0 Å². The molecule has 2 aromatic rings. The van der Waals surface area contributed by atoms with E-state index in [0.29, 0.717) is 18.0 Å². The van der Waals surface area contributed by atoms with Crippen molar-refractivity contribution >= 4 is 11.9 Å². The van der Waals surface area contributed by atoms with Crippen molar-refractivity contribution in [2.24, 2.45) is 0 Å². The average Bonchev–Trinajstić information content (AvgIpc) is 2.74. The van der Waals surface area contributed by atoms with Crippen molar-refractivity contribution in [2.75, 3.05) is 20.8 Å². The molecule has 1 N–H and O–H groups in total. The zero-order chi connectivity index (χ0) is 20.5. The lowest BCUT2D eigenvalue weighted by Gasteiger charge is -2.18. The van der Waals surface area contributed by atoms with Crippen LogP contribution in [0, 0.1) is 0 Å². The summed E-state index contributed by atoms with van der Waals surface area (Å²) < 4.78 is 15.6. The molecule has 0 unspecified atom stereocenters. The van der Waals surface area contributed by atoms with Crippen molar-refractivity contribution in [2.45, 2.75) is 32.3 Å². The second-order valence-corrected chi connectivity index (χ2v) is 6.38. The molecule has 0 aliphatic heterocycles.